The van der Waals surface area contributed by atoms with Gasteiger partial charge in [0.05, 0.1) is 8.95 Å². The molecule has 4 rings (SSSR count). The highest BCUT2D eigenvalue weighted by Gasteiger charge is 2.15. The van der Waals surface area contributed by atoms with Crippen LogP contribution in [0.4, 0.5) is 5.69 Å². The minimum absolute atomic E-state index is 0.0252. The van der Waals surface area contributed by atoms with Crippen molar-refractivity contribution in [2.45, 2.75) is 6.61 Å². The largest absolute Gasteiger partial charge is 0.487 e. The highest BCUT2D eigenvalue weighted by Crippen LogP contribution is 2.37. The number of amides is 1. The molecule has 6 nitrogen and oxygen atoms in total. The third-order valence-corrected chi connectivity index (χ3v) is 6.27. The second-order valence-electron chi connectivity index (χ2n) is 6.92. The topological polar surface area (TPSA) is 80.6 Å². The minimum atomic E-state index is -0.494. The summed E-state index contributed by atoms with van der Waals surface area (Å²) >= 11 is 10.4. The van der Waals surface area contributed by atoms with Gasteiger partial charge in [0.15, 0.2) is 11.5 Å². The molecule has 0 aliphatic carbocycles. The molecule has 3 aromatic rings. The summed E-state index contributed by atoms with van der Waals surface area (Å²) in [5.74, 6) is 1.52. The Morgan fingerprint density at radius 1 is 1.06 bits per heavy atom. The van der Waals surface area contributed by atoms with E-state index in [9.17, 15) is 10.1 Å². The Hall–Kier alpha value is -2.80. The molecule has 0 atom stereocenters. The Kier molecular flexibility index (Phi) is 7.38. The van der Waals surface area contributed by atoms with Gasteiger partial charge in [-0.3, -0.25) is 4.79 Å². The van der Waals surface area contributed by atoms with Gasteiger partial charge in [-0.15, -0.1) is 0 Å². The molecular weight excluding hydrogens is 620 g/mol. The van der Waals surface area contributed by atoms with Crippen molar-refractivity contribution in [2.75, 3.05) is 12.1 Å². The molecular formula is C24H15Br3N2O4. The van der Waals surface area contributed by atoms with E-state index in [-0.39, 0.29) is 12.4 Å². The first-order valence-electron chi connectivity index (χ1n) is 9.62. The molecule has 0 fully saturated rings. The minimum Gasteiger partial charge on any atom is -0.487 e. The average Bonchev–Trinajstić information content (AvgIpc) is 3.25. The maximum Gasteiger partial charge on any atom is 0.266 e. The van der Waals surface area contributed by atoms with E-state index in [0.717, 1.165) is 15.8 Å². The zero-order valence-corrected chi connectivity index (χ0v) is 21.7. The quantitative estimate of drug-likeness (QED) is 0.238. The van der Waals surface area contributed by atoms with Crippen LogP contribution in [0, 0.1) is 11.3 Å². The van der Waals surface area contributed by atoms with Crippen LogP contribution >= 0.6 is 47.8 Å². The first kappa shape index (κ1) is 23.4. The molecule has 9 heteroatoms. The van der Waals surface area contributed by atoms with Crippen LogP contribution in [0.1, 0.15) is 11.1 Å². The fourth-order valence-electron chi connectivity index (χ4n) is 3.07. The van der Waals surface area contributed by atoms with E-state index in [1.807, 2.05) is 30.3 Å². The van der Waals surface area contributed by atoms with Crippen LogP contribution < -0.4 is 19.5 Å². The lowest BCUT2D eigenvalue weighted by molar-refractivity contribution is -0.112. The van der Waals surface area contributed by atoms with Crippen LogP contribution in [0.25, 0.3) is 6.08 Å². The SMILES string of the molecule is N#C/C(=C/c1cc(Br)c(OCc2ccc3c(c2)OCO3)c(Br)c1)C(=O)Nc1cccc(Br)c1. The van der Waals surface area contributed by atoms with E-state index in [4.69, 9.17) is 14.2 Å². The van der Waals surface area contributed by atoms with Crippen molar-refractivity contribution < 1.29 is 19.0 Å². The number of carbonyl (C=O) groups excluding carboxylic acids is 1. The fourth-order valence-corrected chi connectivity index (χ4v) is 4.92. The number of rotatable bonds is 6. The van der Waals surface area contributed by atoms with Crippen LogP contribution in [-0.4, -0.2) is 12.7 Å². The van der Waals surface area contributed by atoms with E-state index in [2.05, 4.69) is 53.1 Å². The molecule has 33 heavy (non-hydrogen) atoms. The van der Waals surface area contributed by atoms with Gasteiger partial charge in [0.2, 0.25) is 6.79 Å². The molecule has 0 aromatic heterocycles. The highest BCUT2D eigenvalue weighted by molar-refractivity contribution is 9.11. The number of halogens is 3. The number of hydrogen-bond acceptors (Lipinski definition) is 5. The summed E-state index contributed by atoms with van der Waals surface area (Å²) in [5.41, 5.74) is 2.15. The van der Waals surface area contributed by atoms with Gasteiger partial charge in [0.1, 0.15) is 24.0 Å². The number of nitrogens with one attached hydrogen (secondary N) is 1. The first-order chi connectivity index (χ1) is 15.9. The predicted octanol–water partition coefficient (Wildman–Crippen LogP) is 6.83. The summed E-state index contributed by atoms with van der Waals surface area (Å²) in [6.45, 7) is 0.541. The van der Waals surface area contributed by atoms with E-state index in [1.54, 1.807) is 30.3 Å². The van der Waals surface area contributed by atoms with Gasteiger partial charge in [-0.05, 0) is 91.5 Å². The summed E-state index contributed by atoms with van der Waals surface area (Å²) < 4.78 is 18.9. The molecule has 0 unspecified atom stereocenters. The Morgan fingerprint density at radius 3 is 2.55 bits per heavy atom. The van der Waals surface area contributed by atoms with Crippen LogP contribution in [0.3, 0.4) is 0 Å². The van der Waals surface area contributed by atoms with Crippen molar-refractivity contribution in [3.8, 4) is 23.3 Å². The Labute approximate surface area is 215 Å². The van der Waals surface area contributed by atoms with Crippen molar-refractivity contribution >= 4 is 65.5 Å². The van der Waals surface area contributed by atoms with Crippen molar-refractivity contribution in [2.24, 2.45) is 0 Å². The standard InChI is InChI=1S/C24H15Br3N2O4/c25-17-2-1-3-18(10-17)29-24(30)16(11-28)6-15-7-19(26)23(20(27)8-15)31-12-14-4-5-21-22(9-14)33-13-32-21/h1-10H,12-13H2,(H,29,30)/b16-6-. The lowest BCUT2D eigenvalue weighted by Gasteiger charge is -2.12. The second-order valence-corrected chi connectivity index (χ2v) is 9.55. The number of anilines is 1. The molecule has 1 aliphatic rings. The molecule has 1 heterocycles. The average molecular weight is 635 g/mol. The smallest absolute Gasteiger partial charge is 0.266 e. The van der Waals surface area contributed by atoms with Crippen molar-refractivity contribution in [3.63, 3.8) is 0 Å². The molecule has 0 bridgehead atoms. The van der Waals surface area contributed by atoms with Gasteiger partial charge in [-0.1, -0.05) is 28.1 Å². The zero-order chi connectivity index (χ0) is 23.4. The number of hydrogen-bond donors (Lipinski definition) is 1. The highest BCUT2D eigenvalue weighted by atomic mass is 79.9. The van der Waals surface area contributed by atoms with Gasteiger partial charge in [0.25, 0.3) is 5.91 Å². The fraction of sp³-hybridized carbons (Fsp3) is 0.0833. The summed E-state index contributed by atoms with van der Waals surface area (Å²) in [5, 5.41) is 12.2. The number of benzene rings is 3. The summed E-state index contributed by atoms with van der Waals surface area (Å²) in [6.07, 6.45) is 1.52. The van der Waals surface area contributed by atoms with Gasteiger partial charge in [0, 0.05) is 10.2 Å². The normalized spacial score (nSPS) is 12.2. The lowest BCUT2D eigenvalue weighted by atomic mass is 10.1. The zero-order valence-electron chi connectivity index (χ0n) is 16.9. The third-order valence-electron chi connectivity index (χ3n) is 4.60. The van der Waals surface area contributed by atoms with Crippen LogP contribution in [0.15, 0.2) is 73.6 Å². The maximum absolute atomic E-state index is 12.6. The number of fused-ring (bicyclic) bond motifs is 1. The molecule has 1 amide bonds. The molecule has 0 spiro atoms. The van der Waals surface area contributed by atoms with Crippen LogP contribution in [-0.2, 0) is 11.4 Å². The summed E-state index contributed by atoms with van der Waals surface area (Å²) in [4.78, 5) is 12.6. The summed E-state index contributed by atoms with van der Waals surface area (Å²) in [7, 11) is 0. The number of nitrogens with zero attached hydrogens (tertiary/aromatic N) is 1. The van der Waals surface area contributed by atoms with Gasteiger partial charge >= 0.3 is 0 Å². The molecule has 0 saturated carbocycles. The molecule has 166 valence electrons. The molecule has 1 aliphatic heterocycles. The third kappa shape index (κ3) is 5.77. The Bertz CT molecular complexity index is 1280. The number of nitriles is 1. The van der Waals surface area contributed by atoms with E-state index in [0.29, 0.717) is 38.3 Å². The van der Waals surface area contributed by atoms with Crippen LogP contribution in [0.5, 0.6) is 17.2 Å². The van der Waals surface area contributed by atoms with Gasteiger partial charge in [-0.25, -0.2) is 0 Å². The van der Waals surface area contributed by atoms with Crippen molar-refractivity contribution in [1.82, 2.24) is 0 Å². The van der Waals surface area contributed by atoms with E-state index in [1.165, 1.54) is 6.08 Å². The van der Waals surface area contributed by atoms with Crippen molar-refractivity contribution in [3.05, 3.63) is 84.7 Å². The first-order valence-corrected chi connectivity index (χ1v) is 12.0. The predicted molar refractivity (Wildman–Crippen MR) is 135 cm³/mol. The Morgan fingerprint density at radius 2 is 1.82 bits per heavy atom. The van der Waals surface area contributed by atoms with Crippen LogP contribution in [0.2, 0.25) is 0 Å². The number of carbonyl (C=O) groups is 1. The van der Waals surface area contributed by atoms with E-state index < -0.39 is 5.91 Å². The lowest BCUT2D eigenvalue weighted by Crippen LogP contribution is -2.13. The van der Waals surface area contributed by atoms with E-state index >= 15 is 0 Å². The van der Waals surface area contributed by atoms with Gasteiger partial charge in [-0.2, -0.15) is 5.26 Å². The maximum atomic E-state index is 12.6. The second kappa shape index (κ2) is 10.4. The summed E-state index contributed by atoms with van der Waals surface area (Å²) in [6, 6.07) is 18.3. The Balaban J connectivity index is 1.49. The van der Waals surface area contributed by atoms with Gasteiger partial charge < -0.3 is 19.5 Å². The molecule has 3 aromatic carbocycles. The molecule has 1 N–H and O–H groups in total. The molecule has 0 radical (unpaired) electrons. The van der Waals surface area contributed by atoms with Crippen molar-refractivity contribution in [1.29, 1.82) is 5.26 Å². The number of ether oxygens (including phenoxy) is 3. The monoisotopic (exact) mass is 632 g/mol. The molecule has 0 saturated heterocycles.